The van der Waals surface area contributed by atoms with Gasteiger partial charge in [0, 0.05) is 6.42 Å². The number of ether oxygens (including phenoxy) is 2. The summed E-state index contributed by atoms with van der Waals surface area (Å²) >= 11 is 0. The molecule has 1 atom stereocenters. The molecule has 0 saturated heterocycles. The summed E-state index contributed by atoms with van der Waals surface area (Å²) in [5.74, 6) is -0.621. The van der Waals surface area contributed by atoms with Gasteiger partial charge in [-0.2, -0.15) is 13.2 Å². The van der Waals surface area contributed by atoms with Crippen LogP contribution in [0.2, 0.25) is 0 Å². The second-order valence-electron chi connectivity index (χ2n) is 8.85. The maximum Gasteiger partial charge on any atom is 0.391 e. The lowest BCUT2D eigenvalue weighted by Crippen LogP contribution is -2.55. The summed E-state index contributed by atoms with van der Waals surface area (Å²) in [6.07, 6.45) is 0.210. The van der Waals surface area contributed by atoms with Crippen molar-refractivity contribution in [3.63, 3.8) is 0 Å². The van der Waals surface area contributed by atoms with Crippen molar-refractivity contribution < 1.29 is 27.4 Å². The number of hydrogen-bond acceptors (Lipinski definition) is 4. The monoisotopic (exact) mass is 431 g/mol. The van der Waals surface area contributed by atoms with E-state index >= 15 is 0 Å². The first-order chi connectivity index (χ1) is 13.9. The van der Waals surface area contributed by atoms with E-state index in [2.05, 4.69) is 6.92 Å². The molecular weight excluding hydrogens is 395 g/mol. The van der Waals surface area contributed by atoms with Gasteiger partial charge in [-0.05, 0) is 38.8 Å². The molecule has 0 bridgehead atoms. The molecule has 2 N–H and O–H groups in total. The zero-order valence-corrected chi connectivity index (χ0v) is 18.6. The number of carbonyl (C=O) groups is 1. The van der Waals surface area contributed by atoms with Crippen molar-refractivity contribution in [2.75, 3.05) is 6.61 Å². The standard InChI is InChI=1S/C23H36F3NO3/c1-5-6-7-8-9-12-15-29-19-14-11-10-13-18(19)16-22(27,17-23(24,25)26)20(28)30-21(2,3)4/h10-11,13-14H,5-9,12,15-17,27H2,1-4H3/t22-/m0/s1. The number of esters is 1. The average Bonchev–Trinajstić information content (AvgIpc) is 2.59. The minimum atomic E-state index is -4.61. The second kappa shape index (κ2) is 11.6. The summed E-state index contributed by atoms with van der Waals surface area (Å²) in [6.45, 7) is 7.41. The highest BCUT2D eigenvalue weighted by Gasteiger charge is 2.47. The first-order valence-electron chi connectivity index (χ1n) is 10.7. The van der Waals surface area contributed by atoms with E-state index in [4.69, 9.17) is 15.2 Å². The van der Waals surface area contributed by atoms with Crippen LogP contribution in [0.4, 0.5) is 13.2 Å². The molecule has 1 aromatic carbocycles. The van der Waals surface area contributed by atoms with Crippen LogP contribution in [0.1, 0.15) is 78.2 Å². The number of hydrogen-bond donors (Lipinski definition) is 1. The number of alkyl halides is 3. The number of nitrogens with two attached hydrogens (primary N) is 1. The van der Waals surface area contributed by atoms with E-state index in [0.29, 0.717) is 17.9 Å². The van der Waals surface area contributed by atoms with Crippen LogP contribution < -0.4 is 10.5 Å². The summed E-state index contributed by atoms with van der Waals surface area (Å²) in [6, 6.07) is 6.76. The zero-order valence-electron chi connectivity index (χ0n) is 18.6. The smallest absolute Gasteiger partial charge is 0.391 e. The fraction of sp³-hybridized carbons (Fsp3) is 0.696. The third-order valence-corrected chi connectivity index (χ3v) is 4.56. The number of carbonyl (C=O) groups excluding carboxylic acids is 1. The Balaban J connectivity index is 2.87. The Labute approximate surface area is 178 Å². The van der Waals surface area contributed by atoms with Gasteiger partial charge in [-0.3, -0.25) is 4.79 Å². The van der Waals surface area contributed by atoms with Gasteiger partial charge >= 0.3 is 12.1 Å². The van der Waals surface area contributed by atoms with E-state index in [1.807, 2.05) is 0 Å². The summed E-state index contributed by atoms with van der Waals surface area (Å²) < 4.78 is 50.6. The van der Waals surface area contributed by atoms with Crippen molar-refractivity contribution in [1.29, 1.82) is 0 Å². The van der Waals surface area contributed by atoms with Crippen LogP contribution in [-0.2, 0) is 16.0 Å². The molecule has 0 aliphatic rings. The van der Waals surface area contributed by atoms with Gasteiger partial charge in [-0.1, -0.05) is 57.2 Å². The first-order valence-corrected chi connectivity index (χ1v) is 10.7. The predicted molar refractivity (Wildman–Crippen MR) is 112 cm³/mol. The highest BCUT2D eigenvalue weighted by atomic mass is 19.4. The second-order valence-corrected chi connectivity index (χ2v) is 8.85. The van der Waals surface area contributed by atoms with Crippen LogP contribution in [0.5, 0.6) is 5.75 Å². The van der Waals surface area contributed by atoms with Gasteiger partial charge < -0.3 is 15.2 Å². The van der Waals surface area contributed by atoms with Crippen molar-refractivity contribution in [2.45, 2.75) is 96.4 Å². The molecule has 1 aromatic rings. The van der Waals surface area contributed by atoms with E-state index in [1.54, 1.807) is 45.0 Å². The zero-order chi connectivity index (χ0) is 22.8. The molecule has 0 heterocycles. The maximum atomic E-state index is 13.2. The van der Waals surface area contributed by atoms with E-state index in [0.717, 1.165) is 19.3 Å². The topological polar surface area (TPSA) is 61.5 Å². The average molecular weight is 432 g/mol. The van der Waals surface area contributed by atoms with Crippen LogP contribution in [0.3, 0.4) is 0 Å². The van der Waals surface area contributed by atoms with Crippen LogP contribution in [0, 0.1) is 0 Å². The van der Waals surface area contributed by atoms with Crippen LogP contribution >= 0.6 is 0 Å². The Morgan fingerprint density at radius 1 is 1.00 bits per heavy atom. The first kappa shape index (κ1) is 26.3. The number of benzene rings is 1. The molecular formula is C23H36F3NO3. The molecule has 1 rings (SSSR count). The molecule has 0 aromatic heterocycles. The number of halogens is 3. The minimum Gasteiger partial charge on any atom is -0.493 e. The summed E-state index contributed by atoms with van der Waals surface area (Å²) in [5, 5.41) is 0. The molecule has 0 unspecified atom stereocenters. The van der Waals surface area contributed by atoms with Crippen molar-refractivity contribution in [3.8, 4) is 5.75 Å². The lowest BCUT2D eigenvalue weighted by Gasteiger charge is -2.32. The van der Waals surface area contributed by atoms with Gasteiger partial charge in [0.05, 0.1) is 13.0 Å². The highest BCUT2D eigenvalue weighted by molar-refractivity contribution is 5.81. The molecule has 30 heavy (non-hydrogen) atoms. The molecule has 172 valence electrons. The van der Waals surface area contributed by atoms with Crippen molar-refractivity contribution in [2.24, 2.45) is 5.73 Å². The maximum absolute atomic E-state index is 13.2. The third kappa shape index (κ3) is 10.3. The third-order valence-electron chi connectivity index (χ3n) is 4.56. The fourth-order valence-corrected chi connectivity index (χ4v) is 3.14. The summed E-state index contributed by atoms with van der Waals surface area (Å²) in [7, 11) is 0. The van der Waals surface area contributed by atoms with Gasteiger partial charge in [0.2, 0.25) is 0 Å². The van der Waals surface area contributed by atoms with Crippen molar-refractivity contribution in [3.05, 3.63) is 29.8 Å². The Hall–Kier alpha value is -1.76. The number of para-hydroxylation sites is 1. The Bertz CT molecular complexity index is 656. The van der Waals surface area contributed by atoms with Crippen LogP contribution in [0.15, 0.2) is 24.3 Å². The van der Waals surface area contributed by atoms with E-state index < -0.39 is 29.7 Å². The lowest BCUT2D eigenvalue weighted by molar-refractivity contribution is -0.179. The number of rotatable bonds is 12. The predicted octanol–water partition coefficient (Wildman–Crippen LogP) is 5.96. The molecule has 0 spiro atoms. The molecule has 0 fully saturated rings. The summed E-state index contributed by atoms with van der Waals surface area (Å²) in [5.41, 5.74) is 3.29. The van der Waals surface area contributed by atoms with Crippen molar-refractivity contribution in [1.82, 2.24) is 0 Å². The van der Waals surface area contributed by atoms with Gasteiger partial charge in [0.15, 0.2) is 0 Å². The molecule has 0 amide bonds. The van der Waals surface area contributed by atoms with E-state index in [9.17, 15) is 18.0 Å². The van der Waals surface area contributed by atoms with Gasteiger partial charge in [0.1, 0.15) is 16.9 Å². The Kier molecular flexibility index (Phi) is 10.1. The van der Waals surface area contributed by atoms with E-state index in [-0.39, 0.29) is 6.42 Å². The fourth-order valence-electron chi connectivity index (χ4n) is 3.14. The molecule has 0 saturated carbocycles. The largest absolute Gasteiger partial charge is 0.493 e. The van der Waals surface area contributed by atoms with Gasteiger partial charge in [0.25, 0.3) is 0 Å². The SMILES string of the molecule is CCCCCCCCOc1ccccc1C[C@](N)(CC(F)(F)F)C(=O)OC(C)(C)C. The van der Waals surface area contributed by atoms with Crippen LogP contribution in [0.25, 0.3) is 0 Å². The Morgan fingerprint density at radius 2 is 1.60 bits per heavy atom. The number of unbranched alkanes of at least 4 members (excludes halogenated alkanes) is 5. The molecule has 0 aliphatic heterocycles. The lowest BCUT2D eigenvalue weighted by atomic mass is 9.87. The molecule has 0 aliphatic carbocycles. The normalized spacial score (nSPS) is 14.3. The molecule has 7 heteroatoms. The molecule has 4 nitrogen and oxygen atoms in total. The Morgan fingerprint density at radius 3 is 2.20 bits per heavy atom. The van der Waals surface area contributed by atoms with Crippen molar-refractivity contribution >= 4 is 5.97 Å². The van der Waals surface area contributed by atoms with Gasteiger partial charge in [-0.25, -0.2) is 0 Å². The van der Waals surface area contributed by atoms with Crippen LogP contribution in [-0.4, -0.2) is 29.9 Å². The quantitative estimate of drug-likeness (QED) is 0.328. The minimum absolute atomic E-state index is 0.325. The molecule has 0 radical (unpaired) electrons. The highest BCUT2D eigenvalue weighted by Crippen LogP contribution is 2.33. The van der Waals surface area contributed by atoms with E-state index in [1.165, 1.54) is 19.3 Å². The summed E-state index contributed by atoms with van der Waals surface area (Å²) in [4.78, 5) is 12.6. The van der Waals surface area contributed by atoms with Gasteiger partial charge in [-0.15, -0.1) is 0 Å².